The monoisotopic (exact) mass is 447 g/mol. The Morgan fingerprint density at radius 2 is 1.76 bits per heavy atom. The largest absolute Gasteiger partial charge is 0.444 e. The third-order valence-electron chi connectivity index (χ3n) is 6.63. The van der Waals surface area contributed by atoms with Crippen molar-refractivity contribution < 1.29 is 14.3 Å². The Morgan fingerprint density at radius 3 is 2.52 bits per heavy atom. The summed E-state index contributed by atoms with van der Waals surface area (Å²) in [5, 5.41) is 11.4. The van der Waals surface area contributed by atoms with Crippen molar-refractivity contribution in [3.05, 3.63) is 47.5 Å². The lowest BCUT2D eigenvalue weighted by atomic mass is 9.99. The van der Waals surface area contributed by atoms with E-state index >= 15 is 0 Å². The molecule has 0 aromatic heterocycles. The standard InChI is InChI=1S/C27H33N3O3/c1-27(2,3)33-26(32)30-15-5-7-24(30)25(31)29-14-4-6-23(29)13-10-19-8-11-21-12-9-20(18-28)17-22(21)16-19/h8-9,11-12,16-17,23-24H,4-7,10,13-15H2,1-3H3/t23-,24-/m1/s1. The summed E-state index contributed by atoms with van der Waals surface area (Å²) in [7, 11) is 0. The van der Waals surface area contributed by atoms with E-state index in [0.29, 0.717) is 18.5 Å². The Bertz CT molecular complexity index is 1080. The maximum atomic E-state index is 13.4. The minimum absolute atomic E-state index is 0.0676. The number of ether oxygens (including phenoxy) is 1. The molecule has 6 heteroatoms. The minimum Gasteiger partial charge on any atom is -0.444 e. The topological polar surface area (TPSA) is 73.6 Å². The number of aryl methyl sites for hydroxylation is 1. The molecule has 2 aliphatic heterocycles. The molecule has 2 heterocycles. The quantitative estimate of drug-likeness (QED) is 0.659. The van der Waals surface area contributed by atoms with Crippen molar-refractivity contribution in [2.45, 2.75) is 77.0 Å². The summed E-state index contributed by atoms with van der Waals surface area (Å²) in [5.41, 5.74) is 1.31. The summed E-state index contributed by atoms with van der Waals surface area (Å²) < 4.78 is 5.54. The fourth-order valence-electron chi connectivity index (χ4n) is 5.03. The summed E-state index contributed by atoms with van der Waals surface area (Å²) in [6.07, 6.45) is 4.91. The molecule has 0 bridgehead atoms. The summed E-state index contributed by atoms with van der Waals surface area (Å²) in [4.78, 5) is 29.7. The Balaban J connectivity index is 1.41. The molecule has 2 aromatic carbocycles. The van der Waals surface area contributed by atoms with E-state index in [1.807, 2.05) is 43.9 Å². The Labute approximate surface area is 196 Å². The van der Waals surface area contributed by atoms with Crippen LogP contribution in [0.1, 0.15) is 64.0 Å². The number of hydrogen-bond donors (Lipinski definition) is 0. The zero-order chi connectivity index (χ0) is 23.6. The van der Waals surface area contributed by atoms with E-state index in [-0.39, 0.29) is 18.0 Å². The molecule has 0 unspecified atom stereocenters. The van der Waals surface area contributed by atoms with Crippen molar-refractivity contribution in [1.82, 2.24) is 9.80 Å². The Kier molecular flexibility index (Phi) is 6.60. The first-order chi connectivity index (χ1) is 15.7. The first-order valence-corrected chi connectivity index (χ1v) is 12.0. The number of hydrogen-bond acceptors (Lipinski definition) is 4. The van der Waals surface area contributed by atoms with Gasteiger partial charge in [-0.3, -0.25) is 9.69 Å². The van der Waals surface area contributed by atoms with E-state index in [0.717, 1.165) is 49.4 Å². The van der Waals surface area contributed by atoms with Gasteiger partial charge in [0.15, 0.2) is 0 Å². The van der Waals surface area contributed by atoms with Gasteiger partial charge in [-0.25, -0.2) is 4.79 Å². The maximum absolute atomic E-state index is 13.4. The molecule has 2 amide bonds. The molecule has 6 nitrogen and oxygen atoms in total. The highest BCUT2D eigenvalue weighted by Crippen LogP contribution is 2.28. The molecule has 2 saturated heterocycles. The molecule has 4 rings (SSSR count). The fourth-order valence-corrected chi connectivity index (χ4v) is 5.03. The van der Waals surface area contributed by atoms with Crippen LogP contribution in [-0.4, -0.2) is 52.6 Å². The highest BCUT2D eigenvalue weighted by atomic mass is 16.6. The van der Waals surface area contributed by atoms with Gasteiger partial charge in [0.05, 0.1) is 11.6 Å². The number of nitrogens with zero attached hydrogens (tertiary/aromatic N) is 3. The number of benzene rings is 2. The van der Waals surface area contributed by atoms with Crippen molar-refractivity contribution in [3.63, 3.8) is 0 Å². The summed E-state index contributed by atoms with van der Waals surface area (Å²) in [6, 6.07) is 14.1. The molecule has 0 N–H and O–H groups in total. The second kappa shape index (κ2) is 9.43. The van der Waals surface area contributed by atoms with Crippen molar-refractivity contribution >= 4 is 22.8 Å². The van der Waals surface area contributed by atoms with Crippen LogP contribution in [0, 0.1) is 11.3 Å². The van der Waals surface area contributed by atoms with Gasteiger partial charge in [-0.05, 0) is 87.8 Å². The van der Waals surface area contributed by atoms with Gasteiger partial charge in [0.1, 0.15) is 11.6 Å². The van der Waals surface area contributed by atoms with Gasteiger partial charge >= 0.3 is 6.09 Å². The first-order valence-electron chi connectivity index (χ1n) is 12.0. The Morgan fingerprint density at radius 1 is 1.03 bits per heavy atom. The van der Waals surface area contributed by atoms with Crippen LogP contribution in [0.15, 0.2) is 36.4 Å². The molecule has 0 saturated carbocycles. The van der Waals surface area contributed by atoms with Gasteiger partial charge in [0, 0.05) is 19.1 Å². The number of nitriles is 1. The smallest absolute Gasteiger partial charge is 0.410 e. The number of carbonyl (C=O) groups excluding carboxylic acids is 2. The Hall–Kier alpha value is -3.07. The zero-order valence-corrected chi connectivity index (χ0v) is 19.8. The lowest BCUT2D eigenvalue weighted by Gasteiger charge is -2.32. The summed E-state index contributed by atoms with van der Waals surface area (Å²) in [6.45, 7) is 6.88. The molecule has 2 atom stereocenters. The molecule has 0 radical (unpaired) electrons. The van der Waals surface area contributed by atoms with E-state index < -0.39 is 11.6 Å². The van der Waals surface area contributed by atoms with Crippen molar-refractivity contribution in [2.75, 3.05) is 13.1 Å². The van der Waals surface area contributed by atoms with Crippen LogP contribution in [0.4, 0.5) is 4.79 Å². The molecule has 0 spiro atoms. The SMILES string of the molecule is CC(C)(C)OC(=O)N1CCC[C@@H]1C(=O)N1CCC[C@@H]1CCc1ccc2ccc(C#N)cc2c1. The molecule has 2 aliphatic rings. The number of likely N-dealkylation sites (tertiary alicyclic amines) is 2. The second-order valence-corrected chi connectivity index (χ2v) is 10.2. The normalized spacial score (nSPS) is 20.8. The van der Waals surface area contributed by atoms with Crippen LogP contribution in [0.2, 0.25) is 0 Å². The van der Waals surface area contributed by atoms with E-state index in [1.54, 1.807) is 4.90 Å². The average Bonchev–Trinajstić information content (AvgIpc) is 3.45. The third kappa shape index (κ3) is 5.30. The van der Waals surface area contributed by atoms with Crippen LogP contribution in [0.25, 0.3) is 10.8 Å². The summed E-state index contributed by atoms with van der Waals surface area (Å²) in [5.74, 6) is 0.0676. The van der Waals surface area contributed by atoms with Crippen molar-refractivity contribution in [1.29, 1.82) is 5.26 Å². The summed E-state index contributed by atoms with van der Waals surface area (Å²) >= 11 is 0. The zero-order valence-electron chi connectivity index (χ0n) is 19.8. The highest BCUT2D eigenvalue weighted by Gasteiger charge is 2.41. The molecule has 2 fully saturated rings. The molecule has 174 valence electrons. The van der Waals surface area contributed by atoms with Crippen molar-refractivity contribution in [3.8, 4) is 6.07 Å². The number of rotatable bonds is 4. The van der Waals surface area contributed by atoms with E-state index in [4.69, 9.17) is 4.74 Å². The molecule has 0 aliphatic carbocycles. The first kappa shape index (κ1) is 23.1. The average molecular weight is 448 g/mol. The van der Waals surface area contributed by atoms with E-state index in [2.05, 4.69) is 24.3 Å². The van der Waals surface area contributed by atoms with Crippen LogP contribution in [0.3, 0.4) is 0 Å². The van der Waals surface area contributed by atoms with E-state index in [9.17, 15) is 14.9 Å². The van der Waals surface area contributed by atoms with Crippen LogP contribution < -0.4 is 0 Å². The number of carbonyl (C=O) groups is 2. The molecule has 2 aromatic rings. The van der Waals surface area contributed by atoms with Crippen LogP contribution in [0.5, 0.6) is 0 Å². The molecular formula is C27H33N3O3. The maximum Gasteiger partial charge on any atom is 0.410 e. The van der Waals surface area contributed by atoms with Crippen LogP contribution >= 0.6 is 0 Å². The number of amides is 2. The van der Waals surface area contributed by atoms with Gasteiger partial charge in [-0.2, -0.15) is 5.26 Å². The van der Waals surface area contributed by atoms with Gasteiger partial charge in [-0.1, -0.05) is 24.3 Å². The minimum atomic E-state index is -0.572. The lowest BCUT2D eigenvalue weighted by molar-refractivity contribution is -0.136. The molecule has 33 heavy (non-hydrogen) atoms. The molecular weight excluding hydrogens is 414 g/mol. The fraction of sp³-hybridized carbons (Fsp3) is 0.519. The van der Waals surface area contributed by atoms with Gasteiger partial charge < -0.3 is 9.64 Å². The van der Waals surface area contributed by atoms with Crippen LogP contribution in [-0.2, 0) is 16.0 Å². The lowest BCUT2D eigenvalue weighted by Crippen LogP contribution is -2.50. The predicted octanol–water partition coefficient (Wildman–Crippen LogP) is 5.03. The van der Waals surface area contributed by atoms with Crippen molar-refractivity contribution in [2.24, 2.45) is 0 Å². The second-order valence-electron chi connectivity index (χ2n) is 10.2. The van der Waals surface area contributed by atoms with Gasteiger partial charge in [0.25, 0.3) is 0 Å². The third-order valence-corrected chi connectivity index (χ3v) is 6.63. The predicted molar refractivity (Wildman–Crippen MR) is 128 cm³/mol. The number of fused-ring (bicyclic) bond motifs is 1. The van der Waals surface area contributed by atoms with E-state index in [1.165, 1.54) is 5.56 Å². The van der Waals surface area contributed by atoms with Gasteiger partial charge in [-0.15, -0.1) is 0 Å². The van der Waals surface area contributed by atoms with Gasteiger partial charge in [0.2, 0.25) is 5.91 Å². The highest BCUT2D eigenvalue weighted by molar-refractivity contribution is 5.87.